The number of aromatic nitrogens is 1. The molecule has 0 aliphatic carbocycles. The number of rotatable bonds is 8. The maximum Gasteiger partial charge on any atom is 0.217 e. The minimum atomic E-state index is -0.377. The van der Waals surface area contributed by atoms with E-state index in [0.717, 1.165) is 34.9 Å². The number of hydrogen-bond donors (Lipinski definition) is 1. The number of carbonyl (C=O) groups is 1. The van der Waals surface area contributed by atoms with Gasteiger partial charge in [0.1, 0.15) is 5.76 Å². The fourth-order valence-corrected chi connectivity index (χ4v) is 4.02. The van der Waals surface area contributed by atoms with Gasteiger partial charge in [0.2, 0.25) is 5.88 Å². The van der Waals surface area contributed by atoms with Crippen molar-refractivity contribution in [3.05, 3.63) is 89.8 Å². The van der Waals surface area contributed by atoms with Crippen LogP contribution in [-0.2, 0) is 24.9 Å². The van der Waals surface area contributed by atoms with Crippen LogP contribution in [-0.4, -0.2) is 15.9 Å². The molecule has 41 heavy (non-hydrogen) atoms. The number of ketones is 1. The Morgan fingerprint density at radius 2 is 1.59 bits per heavy atom. The van der Waals surface area contributed by atoms with Crippen molar-refractivity contribution in [2.75, 3.05) is 0 Å². The zero-order chi connectivity index (χ0) is 29.7. The van der Waals surface area contributed by atoms with Crippen LogP contribution in [0.5, 0.6) is 11.6 Å². The van der Waals surface area contributed by atoms with Gasteiger partial charge in [0.05, 0.1) is 0 Å². The van der Waals surface area contributed by atoms with Crippen molar-refractivity contribution in [1.29, 1.82) is 0 Å². The minimum Gasteiger partial charge on any atom is -0.512 e. The Morgan fingerprint density at radius 3 is 2.22 bits per heavy atom. The molecule has 1 aromatic heterocycles. The third kappa shape index (κ3) is 8.74. The van der Waals surface area contributed by atoms with E-state index in [1.165, 1.54) is 22.4 Å². The van der Waals surface area contributed by atoms with Gasteiger partial charge in [-0.05, 0) is 34.9 Å². The number of nitrogens with zero attached hydrogens (tertiary/aromatic N) is 1. The van der Waals surface area contributed by atoms with Gasteiger partial charge in [0, 0.05) is 60.4 Å². The van der Waals surface area contributed by atoms with Gasteiger partial charge in [-0.25, -0.2) is 4.98 Å². The SMILES string of the molecule is CCC(C)(C)C(=O)/C=C(\O)C(C)(C)CC.Cc1[c-]c(Oc2cc3c(ccc4ccccc43)cn2)cc(C(C)C)c1.[Ir]. The fourth-order valence-electron chi connectivity index (χ4n) is 4.02. The van der Waals surface area contributed by atoms with E-state index >= 15 is 0 Å². The standard InChI is InChI=1S/C23H20NO.C13H24O2.Ir/c1-15(2)19-10-16(3)11-20(12-19)25-23-13-22-18(14-24-23)9-8-17-6-4-5-7-21(17)22;1-7-12(3,4)10(14)9-11(15)13(5,6)8-2;/h4-10,12-15H,1-3H3;9,14H,7-8H2,1-6H3;/q-1;;/b;10-9-;. The molecule has 0 spiro atoms. The van der Waals surface area contributed by atoms with Gasteiger partial charge < -0.3 is 9.84 Å². The van der Waals surface area contributed by atoms with Crippen LogP contribution >= 0.6 is 0 Å². The summed E-state index contributed by atoms with van der Waals surface area (Å²) in [4.78, 5) is 16.3. The smallest absolute Gasteiger partial charge is 0.217 e. The molecule has 0 fully saturated rings. The first-order chi connectivity index (χ1) is 18.8. The molecule has 1 radical (unpaired) electrons. The largest absolute Gasteiger partial charge is 0.512 e. The third-order valence-corrected chi connectivity index (χ3v) is 7.88. The molecule has 0 saturated heterocycles. The monoisotopic (exact) mass is 731 g/mol. The molecular weight excluding hydrogens is 687 g/mol. The molecule has 1 heterocycles. The van der Waals surface area contributed by atoms with Gasteiger partial charge in [0.25, 0.3) is 0 Å². The van der Waals surface area contributed by atoms with Gasteiger partial charge in [-0.1, -0.05) is 98.7 Å². The van der Waals surface area contributed by atoms with Gasteiger partial charge in [0.15, 0.2) is 5.78 Å². The van der Waals surface area contributed by atoms with Gasteiger partial charge >= 0.3 is 0 Å². The van der Waals surface area contributed by atoms with E-state index in [1.807, 2.05) is 66.8 Å². The minimum absolute atomic E-state index is 0. The van der Waals surface area contributed by atoms with Crippen LogP contribution in [0, 0.1) is 23.8 Å². The molecule has 0 amide bonds. The van der Waals surface area contributed by atoms with E-state index < -0.39 is 0 Å². The number of carbonyl (C=O) groups excluding carboxylic acids is 1. The van der Waals surface area contributed by atoms with Crippen molar-refractivity contribution in [2.45, 2.75) is 81.1 Å². The van der Waals surface area contributed by atoms with E-state index in [9.17, 15) is 9.90 Å². The molecule has 0 saturated carbocycles. The predicted octanol–water partition coefficient (Wildman–Crippen LogP) is 10.3. The maximum atomic E-state index is 11.8. The molecular formula is C36H44IrNO3-. The summed E-state index contributed by atoms with van der Waals surface area (Å²) in [6.45, 7) is 18.1. The Kier molecular flexibility index (Phi) is 11.9. The van der Waals surface area contributed by atoms with Gasteiger partial charge in [-0.15, -0.1) is 12.1 Å². The van der Waals surface area contributed by atoms with Crippen molar-refractivity contribution in [2.24, 2.45) is 10.8 Å². The molecule has 0 atom stereocenters. The molecule has 0 aliphatic rings. The van der Waals surface area contributed by atoms with Crippen LogP contribution in [0.4, 0.5) is 0 Å². The quantitative estimate of drug-likeness (QED) is 0.0849. The summed E-state index contributed by atoms with van der Waals surface area (Å²) in [5.74, 6) is 1.96. The number of benzene rings is 3. The number of hydrogen-bond acceptors (Lipinski definition) is 4. The van der Waals surface area contributed by atoms with Crippen LogP contribution in [0.1, 0.15) is 85.3 Å². The summed E-state index contributed by atoms with van der Waals surface area (Å²) in [6.07, 6.45) is 4.86. The molecule has 221 valence electrons. The normalized spacial score (nSPS) is 12.1. The maximum absolute atomic E-state index is 11.8. The second-order valence-electron chi connectivity index (χ2n) is 12.1. The number of fused-ring (bicyclic) bond motifs is 3. The molecule has 3 aromatic carbocycles. The summed E-state index contributed by atoms with van der Waals surface area (Å²) >= 11 is 0. The molecule has 0 aliphatic heterocycles. The number of pyridine rings is 1. The van der Waals surface area contributed by atoms with Crippen molar-refractivity contribution < 1.29 is 34.7 Å². The molecule has 5 heteroatoms. The van der Waals surface area contributed by atoms with E-state index in [4.69, 9.17) is 4.74 Å². The number of allylic oxidation sites excluding steroid dienone is 2. The molecule has 4 nitrogen and oxygen atoms in total. The van der Waals surface area contributed by atoms with Crippen molar-refractivity contribution in [3.8, 4) is 11.6 Å². The second kappa shape index (κ2) is 14.2. The Hall–Kier alpha value is -3.01. The van der Waals surface area contributed by atoms with E-state index in [2.05, 4.69) is 67.4 Å². The second-order valence-corrected chi connectivity index (χ2v) is 12.1. The van der Waals surface area contributed by atoms with E-state index in [0.29, 0.717) is 11.8 Å². The van der Waals surface area contributed by atoms with Crippen LogP contribution in [0.3, 0.4) is 0 Å². The van der Waals surface area contributed by atoms with E-state index in [-0.39, 0.29) is 42.5 Å². The van der Waals surface area contributed by atoms with Crippen LogP contribution < -0.4 is 4.74 Å². The summed E-state index contributed by atoms with van der Waals surface area (Å²) < 4.78 is 6.04. The van der Waals surface area contributed by atoms with Gasteiger partial charge in [-0.2, -0.15) is 17.2 Å². The Labute approximate surface area is 259 Å². The van der Waals surface area contributed by atoms with Crippen molar-refractivity contribution in [1.82, 2.24) is 4.98 Å². The molecule has 0 unspecified atom stereocenters. The van der Waals surface area contributed by atoms with E-state index in [1.54, 1.807) is 0 Å². The Bertz CT molecular complexity index is 1520. The summed E-state index contributed by atoms with van der Waals surface area (Å²) in [7, 11) is 0. The Balaban J connectivity index is 0.000000320. The summed E-state index contributed by atoms with van der Waals surface area (Å²) in [5, 5.41) is 14.5. The Morgan fingerprint density at radius 1 is 0.951 bits per heavy atom. The zero-order valence-electron chi connectivity index (χ0n) is 25.9. The van der Waals surface area contributed by atoms with Crippen LogP contribution in [0.2, 0.25) is 0 Å². The van der Waals surface area contributed by atoms with Crippen molar-refractivity contribution >= 4 is 27.3 Å². The molecule has 1 N–H and O–H groups in total. The average molecular weight is 731 g/mol. The predicted molar refractivity (Wildman–Crippen MR) is 167 cm³/mol. The third-order valence-electron chi connectivity index (χ3n) is 7.88. The summed E-state index contributed by atoms with van der Waals surface area (Å²) in [6, 6.07) is 22.1. The van der Waals surface area contributed by atoms with Crippen LogP contribution in [0.15, 0.2) is 72.6 Å². The topological polar surface area (TPSA) is 59.4 Å². The van der Waals surface area contributed by atoms with Crippen LogP contribution in [0.25, 0.3) is 21.5 Å². The number of aliphatic hydroxyl groups is 1. The summed E-state index contributed by atoms with van der Waals surface area (Å²) in [5.41, 5.74) is 1.64. The number of ether oxygens (including phenoxy) is 1. The first-order valence-electron chi connectivity index (χ1n) is 14.2. The van der Waals surface area contributed by atoms with Crippen molar-refractivity contribution in [3.63, 3.8) is 0 Å². The zero-order valence-corrected chi connectivity index (χ0v) is 28.3. The first kappa shape index (κ1) is 34.2. The van der Waals surface area contributed by atoms with Gasteiger partial charge in [-0.3, -0.25) is 4.79 Å². The number of aliphatic hydroxyl groups excluding tert-OH is 1. The molecule has 0 bridgehead atoms. The molecule has 4 rings (SSSR count). The molecule has 4 aromatic rings. The average Bonchev–Trinajstić information content (AvgIpc) is 2.92. The first-order valence-corrected chi connectivity index (χ1v) is 14.2. The number of aryl methyl sites for hydroxylation is 1. The fraction of sp³-hybridized carbons (Fsp3) is 0.389.